The number of hydrogen-bond acceptors (Lipinski definition) is 5. The Balaban J connectivity index is 2.96. The van der Waals surface area contributed by atoms with Gasteiger partial charge in [-0.2, -0.15) is 4.31 Å². The third-order valence-corrected chi connectivity index (χ3v) is 6.93. The van der Waals surface area contributed by atoms with Crippen LogP contribution in [-0.2, 0) is 19.9 Å². The van der Waals surface area contributed by atoms with Crippen LogP contribution in [0.25, 0.3) is 0 Å². The fraction of sp³-hybridized carbons (Fsp3) is 1.00. The minimum absolute atomic E-state index is 0.0210. The van der Waals surface area contributed by atoms with Crippen LogP contribution in [0.5, 0.6) is 0 Å². The molecule has 0 aromatic heterocycles. The first-order valence-corrected chi connectivity index (χ1v) is 8.85. The molecule has 1 atom stereocenters. The summed E-state index contributed by atoms with van der Waals surface area (Å²) in [5.74, 6) is -0.119. The summed E-state index contributed by atoms with van der Waals surface area (Å²) in [7, 11) is -6.66. The highest BCUT2D eigenvalue weighted by Crippen LogP contribution is 2.22. The minimum Gasteiger partial charge on any atom is -0.395 e. The van der Waals surface area contributed by atoms with Crippen LogP contribution in [0.1, 0.15) is 20.3 Å². The van der Waals surface area contributed by atoms with Crippen molar-refractivity contribution in [3.05, 3.63) is 0 Å². The Morgan fingerprint density at radius 2 is 2.00 bits per heavy atom. The summed E-state index contributed by atoms with van der Waals surface area (Å²) in [6, 6.07) is -0.528. The summed E-state index contributed by atoms with van der Waals surface area (Å²) in [5, 5.41) is 8.30. The summed E-state index contributed by atoms with van der Waals surface area (Å²) in [6.07, 6.45) is 0.314. The zero-order chi connectivity index (χ0) is 13.3. The van der Waals surface area contributed by atoms with Gasteiger partial charge in [-0.3, -0.25) is 0 Å². The highest BCUT2D eigenvalue weighted by atomic mass is 32.2. The average molecular weight is 285 g/mol. The maximum absolute atomic E-state index is 12.0. The molecule has 1 N–H and O–H groups in total. The summed E-state index contributed by atoms with van der Waals surface area (Å²) in [6.45, 7) is 2.75. The van der Waals surface area contributed by atoms with Gasteiger partial charge in [0.1, 0.15) is 0 Å². The lowest BCUT2D eigenvalue weighted by Gasteiger charge is -2.28. The molecule has 0 saturated carbocycles. The maximum atomic E-state index is 12.0. The van der Waals surface area contributed by atoms with Crippen molar-refractivity contribution in [3.8, 4) is 0 Å². The van der Waals surface area contributed by atoms with Crippen LogP contribution < -0.4 is 0 Å². The van der Waals surface area contributed by atoms with E-state index in [0.29, 0.717) is 6.42 Å². The molecule has 1 aliphatic heterocycles. The van der Waals surface area contributed by atoms with Crippen LogP contribution in [0.15, 0.2) is 0 Å². The molecule has 8 heteroatoms. The normalized spacial score (nSPS) is 24.6. The van der Waals surface area contributed by atoms with E-state index in [2.05, 4.69) is 0 Å². The van der Waals surface area contributed by atoms with Crippen LogP contribution in [0, 0.1) is 0 Å². The van der Waals surface area contributed by atoms with E-state index < -0.39 is 31.2 Å². The van der Waals surface area contributed by atoms with E-state index in [-0.39, 0.29) is 24.7 Å². The van der Waals surface area contributed by atoms with Gasteiger partial charge in [0.2, 0.25) is 10.0 Å². The molecule has 0 radical (unpaired) electrons. The topological polar surface area (TPSA) is 91.8 Å². The van der Waals surface area contributed by atoms with E-state index in [1.54, 1.807) is 13.8 Å². The molecule has 1 heterocycles. The molecule has 0 aromatic carbocycles. The van der Waals surface area contributed by atoms with E-state index >= 15 is 0 Å². The van der Waals surface area contributed by atoms with Crippen LogP contribution >= 0.6 is 0 Å². The lowest BCUT2D eigenvalue weighted by atomic mass is 10.3. The van der Waals surface area contributed by atoms with Gasteiger partial charge >= 0.3 is 0 Å². The third kappa shape index (κ3) is 3.40. The van der Waals surface area contributed by atoms with E-state index in [4.69, 9.17) is 5.11 Å². The second kappa shape index (κ2) is 5.21. The number of sulfonamides is 1. The van der Waals surface area contributed by atoms with E-state index in [0.717, 1.165) is 4.31 Å². The minimum atomic E-state index is -3.53. The SMILES string of the molecule is CC(C)S(=O)(=O)N(CCO)C1CCS(=O)(=O)C1. The Bertz CT molecular complexity index is 454. The molecular formula is C9H19NO5S2. The molecule has 1 rings (SSSR count). The molecule has 0 aliphatic carbocycles. The van der Waals surface area contributed by atoms with E-state index in [9.17, 15) is 16.8 Å². The first-order valence-electron chi connectivity index (χ1n) is 5.52. The largest absolute Gasteiger partial charge is 0.395 e. The summed E-state index contributed by atoms with van der Waals surface area (Å²) >= 11 is 0. The van der Waals surface area contributed by atoms with Crippen molar-refractivity contribution in [2.75, 3.05) is 24.7 Å². The Morgan fingerprint density at radius 1 is 1.41 bits per heavy atom. The van der Waals surface area contributed by atoms with Gasteiger partial charge in [0.25, 0.3) is 0 Å². The number of aliphatic hydroxyl groups excluding tert-OH is 1. The van der Waals surface area contributed by atoms with Gasteiger partial charge in [0, 0.05) is 12.6 Å². The fourth-order valence-corrected chi connectivity index (χ4v) is 5.19. The van der Waals surface area contributed by atoms with Gasteiger partial charge in [-0.25, -0.2) is 16.8 Å². The van der Waals surface area contributed by atoms with Crippen molar-refractivity contribution in [1.29, 1.82) is 0 Å². The molecule has 1 fully saturated rings. The Hall–Kier alpha value is -0.180. The lowest BCUT2D eigenvalue weighted by Crippen LogP contribution is -2.45. The number of hydrogen-bond donors (Lipinski definition) is 1. The van der Waals surface area contributed by atoms with Crippen LogP contribution in [0.3, 0.4) is 0 Å². The Morgan fingerprint density at radius 3 is 2.35 bits per heavy atom. The van der Waals surface area contributed by atoms with Crippen molar-refractivity contribution in [2.24, 2.45) is 0 Å². The van der Waals surface area contributed by atoms with Crippen LogP contribution in [0.2, 0.25) is 0 Å². The molecule has 6 nitrogen and oxygen atoms in total. The van der Waals surface area contributed by atoms with Gasteiger partial charge in [0.15, 0.2) is 9.84 Å². The zero-order valence-electron chi connectivity index (χ0n) is 10.0. The van der Waals surface area contributed by atoms with Crippen molar-refractivity contribution in [3.63, 3.8) is 0 Å². The molecule has 0 bridgehead atoms. The van der Waals surface area contributed by atoms with Crippen molar-refractivity contribution in [1.82, 2.24) is 4.31 Å². The van der Waals surface area contributed by atoms with Gasteiger partial charge in [0.05, 0.1) is 23.4 Å². The molecule has 1 unspecified atom stereocenters. The lowest BCUT2D eigenvalue weighted by molar-refractivity contribution is 0.231. The Labute approximate surface area is 103 Å². The number of aliphatic hydroxyl groups is 1. The Kier molecular flexibility index (Phi) is 4.56. The van der Waals surface area contributed by atoms with Gasteiger partial charge in [-0.1, -0.05) is 0 Å². The smallest absolute Gasteiger partial charge is 0.216 e. The quantitative estimate of drug-likeness (QED) is 0.714. The molecular weight excluding hydrogens is 266 g/mol. The van der Waals surface area contributed by atoms with Crippen molar-refractivity contribution >= 4 is 19.9 Å². The highest BCUT2D eigenvalue weighted by Gasteiger charge is 2.38. The molecule has 0 amide bonds. The molecule has 0 aromatic rings. The summed E-state index contributed by atoms with van der Waals surface area (Å²) in [4.78, 5) is 0. The van der Waals surface area contributed by atoms with Gasteiger partial charge < -0.3 is 5.11 Å². The number of rotatable bonds is 5. The van der Waals surface area contributed by atoms with E-state index in [1.807, 2.05) is 0 Å². The fourth-order valence-electron chi connectivity index (χ4n) is 1.89. The maximum Gasteiger partial charge on any atom is 0.216 e. The number of sulfone groups is 1. The predicted molar refractivity (Wildman–Crippen MR) is 64.9 cm³/mol. The first-order chi connectivity index (χ1) is 7.70. The van der Waals surface area contributed by atoms with Crippen molar-refractivity contribution < 1.29 is 21.9 Å². The van der Waals surface area contributed by atoms with Crippen molar-refractivity contribution in [2.45, 2.75) is 31.6 Å². The van der Waals surface area contributed by atoms with E-state index in [1.165, 1.54) is 0 Å². The van der Waals surface area contributed by atoms with Gasteiger partial charge in [-0.05, 0) is 20.3 Å². The van der Waals surface area contributed by atoms with Gasteiger partial charge in [-0.15, -0.1) is 0 Å². The molecule has 102 valence electrons. The molecule has 1 saturated heterocycles. The summed E-state index contributed by atoms with van der Waals surface area (Å²) in [5.41, 5.74) is 0. The zero-order valence-corrected chi connectivity index (χ0v) is 11.7. The molecule has 17 heavy (non-hydrogen) atoms. The standard InChI is InChI=1S/C9H19NO5S2/c1-8(2)17(14,15)10(4-5-11)9-3-6-16(12,13)7-9/h8-9,11H,3-7H2,1-2H3. The average Bonchev–Trinajstić information content (AvgIpc) is 2.54. The number of nitrogens with zero attached hydrogens (tertiary/aromatic N) is 1. The predicted octanol–water partition coefficient (Wildman–Crippen LogP) is -0.794. The van der Waals surface area contributed by atoms with Crippen LogP contribution in [-0.4, -0.2) is 62.2 Å². The second-order valence-electron chi connectivity index (χ2n) is 4.48. The molecule has 0 spiro atoms. The molecule has 1 aliphatic rings. The highest BCUT2D eigenvalue weighted by molar-refractivity contribution is 7.92. The third-order valence-electron chi connectivity index (χ3n) is 2.86. The van der Waals surface area contributed by atoms with Crippen LogP contribution in [0.4, 0.5) is 0 Å². The second-order valence-corrected chi connectivity index (χ2v) is 9.16. The first kappa shape index (κ1) is 14.9. The monoisotopic (exact) mass is 285 g/mol. The summed E-state index contributed by atoms with van der Waals surface area (Å²) < 4.78 is 47.9.